The van der Waals surface area contributed by atoms with Gasteiger partial charge < -0.3 is 15.2 Å². The molecule has 1 fully saturated rings. The number of carbonyl (C=O) groups is 2. The lowest BCUT2D eigenvalue weighted by Crippen LogP contribution is -2.55. The summed E-state index contributed by atoms with van der Waals surface area (Å²) >= 11 is 0. The van der Waals surface area contributed by atoms with E-state index in [0.29, 0.717) is 19.8 Å². The molecular weight excluding hydrogens is 236 g/mol. The Morgan fingerprint density at radius 1 is 1.67 bits per heavy atom. The molecule has 18 heavy (non-hydrogen) atoms. The molecule has 1 amide bonds. The Labute approximate surface area is 106 Å². The highest BCUT2D eigenvalue weighted by Gasteiger charge is 2.31. The third-order valence-electron chi connectivity index (χ3n) is 2.92. The molecular formula is C12H18N2O4. The lowest BCUT2D eigenvalue weighted by atomic mass is 10.1. The zero-order chi connectivity index (χ0) is 13.5. The maximum absolute atomic E-state index is 11.8. The normalized spacial score (nSPS) is 21.9. The number of morpholine rings is 1. The summed E-state index contributed by atoms with van der Waals surface area (Å²) in [7, 11) is 0. The molecule has 100 valence electrons. The molecule has 0 aromatic heterocycles. The van der Waals surface area contributed by atoms with Crippen molar-refractivity contribution in [3.05, 3.63) is 0 Å². The minimum atomic E-state index is -0.897. The van der Waals surface area contributed by atoms with Crippen LogP contribution in [0.4, 0.5) is 0 Å². The highest BCUT2D eigenvalue weighted by Crippen LogP contribution is 2.14. The molecule has 2 unspecified atom stereocenters. The first-order valence-corrected chi connectivity index (χ1v) is 5.82. The third-order valence-corrected chi connectivity index (χ3v) is 2.92. The van der Waals surface area contributed by atoms with Crippen LogP contribution in [0.3, 0.4) is 0 Å². The van der Waals surface area contributed by atoms with E-state index in [1.807, 2.05) is 4.90 Å². The van der Waals surface area contributed by atoms with E-state index < -0.39 is 12.0 Å². The summed E-state index contributed by atoms with van der Waals surface area (Å²) in [6.45, 7) is 3.30. The van der Waals surface area contributed by atoms with E-state index in [2.05, 4.69) is 11.2 Å². The quantitative estimate of drug-likeness (QED) is 0.634. The molecule has 6 nitrogen and oxygen atoms in total. The summed E-state index contributed by atoms with van der Waals surface area (Å²) in [5.74, 6) is 1.24. The average Bonchev–Trinajstić information content (AvgIpc) is 2.35. The number of amides is 1. The van der Waals surface area contributed by atoms with Crippen molar-refractivity contribution in [2.75, 3.05) is 26.3 Å². The average molecular weight is 254 g/mol. The Balaban J connectivity index is 2.62. The second-order valence-corrected chi connectivity index (χ2v) is 4.16. The van der Waals surface area contributed by atoms with E-state index in [0.717, 1.165) is 0 Å². The van der Waals surface area contributed by atoms with Crippen LogP contribution in [0.1, 0.15) is 13.3 Å². The van der Waals surface area contributed by atoms with Crippen LogP contribution in [-0.4, -0.2) is 60.3 Å². The molecule has 0 aromatic carbocycles. The standard InChI is InChI=1S/C12H18N2O4/c1-3-4-13-12(17)9(2)14-5-6-18-8-10(14)7-11(15)16/h1,9-10H,4-8H2,2H3,(H,13,17)(H,15,16). The second kappa shape index (κ2) is 6.99. The number of carbonyl (C=O) groups excluding carboxylic acids is 1. The maximum atomic E-state index is 11.8. The van der Waals surface area contributed by atoms with E-state index in [1.54, 1.807) is 6.92 Å². The maximum Gasteiger partial charge on any atom is 0.305 e. The van der Waals surface area contributed by atoms with Crippen molar-refractivity contribution in [2.24, 2.45) is 0 Å². The summed E-state index contributed by atoms with van der Waals surface area (Å²) in [5, 5.41) is 11.4. The molecule has 1 heterocycles. The van der Waals surface area contributed by atoms with Crippen LogP contribution in [0, 0.1) is 12.3 Å². The zero-order valence-corrected chi connectivity index (χ0v) is 10.4. The Kier molecular flexibility index (Phi) is 5.62. The SMILES string of the molecule is C#CCNC(=O)C(C)N1CCOCC1CC(=O)O. The first-order valence-electron chi connectivity index (χ1n) is 5.82. The Morgan fingerprint density at radius 2 is 2.39 bits per heavy atom. The smallest absolute Gasteiger partial charge is 0.305 e. The molecule has 0 radical (unpaired) electrons. The summed E-state index contributed by atoms with van der Waals surface area (Å²) in [5.41, 5.74) is 0. The van der Waals surface area contributed by atoms with Gasteiger partial charge in [0.15, 0.2) is 0 Å². The van der Waals surface area contributed by atoms with Crippen molar-refractivity contribution in [1.29, 1.82) is 0 Å². The van der Waals surface area contributed by atoms with Gasteiger partial charge in [-0.1, -0.05) is 5.92 Å². The van der Waals surface area contributed by atoms with Gasteiger partial charge >= 0.3 is 5.97 Å². The fourth-order valence-corrected chi connectivity index (χ4v) is 1.99. The third kappa shape index (κ3) is 4.02. The van der Waals surface area contributed by atoms with Crippen LogP contribution in [0.15, 0.2) is 0 Å². The Hall–Kier alpha value is -1.58. The van der Waals surface area contributed by atoms with Crippen LogP contribution in [-0.2, 0) is 14.3 Å². The van der Waals surface area contributed by atoms with E-state index >= 15 is 0 Å². The van der Waals surface area contributed by atoms with Gasteiger partial charge in [0, 0.05) is 12.6 Å². The van der Waals surface area contributed by atoms with Crippen molar-refractivity contribution in [1.82, 2.24) is 10.2 Å². The summed E-state index contributed by atoms with van der Waals surface area (Å²) < 4.78 is 5.26. The van der Waals surface area contributed by atoms with Crippen LogP contribution in [0.2, 0.25) is 0 Å². The van der Waals surface area contributed by atoms with Gasteiger partial charge in [0.2, 0.25) is 5.91 Å². The van der Waals surface area contributed by atoms with Gasteiger partial charge in [-0.3, -0.25) is 14.5 Å². The van der Waals surface area contributed by atoms with E-state index in [1.165, 1.54) is 0 Å². The van der Waals surface area contributed by atoms with Gasteiger partial charge in [0.25, 0.3) is 0 Å². The minimum Gasteiger partial charge on any atom is -0.481 e. The van der Waals surface area contributed by atoms with E-state index in [9.17, 15) is 9.59 Å². The molecule has 1 saturated heterocycles. The number of carboxylic acid groups (broad SMARTS) is 1. The van der Waals surface area contributed by atoms with Gasteiger partial charge in [-0.15, -0.1) is 6.42 Å². The molecule has 0 aliphatic carbocycles. The molecule has 0 aromatic rings. The Morgan fingerprint density at radius 3 is 3.00 bits per heavy atom. The van der Waals surface area contributed by atoms with Crippen LogP contribution in [0.25, 0.3) is 0 Å². The number of hydrogen-bond donors (Lipinski definition) is 2. The van der Waals surface area contributed by atoms with Crippen LogP contribution in [0.5, 0.6) is 0 Å². The molecule has 0 bridgehead atoms. The van der Waals surface area contributed by atoms with E-state index in [-0.39, 0.29) is 24.9 Å². The lowest BCUT2D eigenvalue weighted by molar-refractivity contribution is -0.143. The molecule has 1 rings (SSSR count). The van der Waals surface area contributed by atoms with Gasteiger partial charge in [0.1, 0.15) is 0 Å². The molecule has 2 atom stereocenters. The molecule has 1 aliphatic rings. The fraction of sp³-hybridized carbons (Fsp3) is 0.667. The zero-order valence-electron chi connectivity index (χ0n) is 10.4. The predicted molar refractivity (Wildman–Crippen MR) is 64.9 cm³/mol. The summed E-state index contributed by atoms with van der Waals surface area (Å²) in [6, 6.07) is -0.686. The first kappa shape index (κ1) is 14.5. The van der Waals surface area contributed by atoms with Crippen molar-refractivity contribution in [3.8, 4) is 12.3 Å². The number of rotatable bonds is 5. The Bertz CT molecular complexity index is 350. The molecule has 0 spiro atoms. The topological polar surface area (TPSA) is 78.9 Å². The summed E-state index contributed by atoms with van der Waals surface area (Å²) in [6.07, 6.45) is 5.04. The number of carboxylic acids is 1. The van der Waals surface area contributed by atoms with Gasteiger partial charge in [-0.05, 0) is 6.92 Å². The van der Waals surface area contributed by atoms with Gasteiger partial charge in [0.05, 0.1) is 32.2 Å². The number of nitrogens with one attached hydrogen (secondary N) is 1. The highest BCUT2D eigenvalue weighted by molar-refractivity contribution is 5.81. The largest absolute Gasteiger partial charge is 0.481 e. The fourth-order valence-electron chi connectivity index (χ4n) is 1.99. The molecule has 6 heteroatoms. The van der Waals surface area contributed by atoms with Crippen molar-refractivity contribution in [2.45, 2.75) is 25.4 Å². The number of nitrogens with zero attached hydrogens (tertiary/aromatic N) is 1. The van der Waals surface area contributed by atoms with Crippen LogP contribution >= 0.6 is 0 Å². The van der Waals surface area contributed by atoms with Crippen molar-refractivity contribution < 1.29 is 19.4 Å². The predicted octanol–water partition coefficient (Wildman–Crippen LogP) is -0.700. The summed E-state index contributed by atoms with van der Waals surface area (Å²) in [4.78, 5) is 24.4. The lowest BCUT2D eigenvalue weighted by Gasteiger charge is -2.38. The molecule has 2 N–H and O–H groups in total. The van der Waals surface area contributed by atoms with Gasteiger partial charge in [-0.25, -0.2) is 0 Å². The number of terminal acetylenes is 1. The van der Waals surface area contributed by atoms with Crippen molar-refractivity contribution >= 4 is 11.9 Å². The molecule has 1 aliphatic heterocycles. The van der Waals surface area contributed by atoms with Crippen LogP contribution < -0.4 is 5.32 Å². The van der Waals surface area contributed by atoms with Crippen molar-refractivity contribution in [3.63, 3.8) is 0 Å². The molecule has 0 saturated carbocycles. The second-order valence-electron chi connectivity index (χ2n) is 4.16. The first-order chi connectivity index (χ1) is 8.56. The van der Waals surface area contributed by atoms with Gasteiger partial charge in [-0.2, -0.15) is 0 Å². The monoisotopic (exact) mass is 254 g/mol. The number of hydrogen-bond acceptors (Lipinski definition) is 4. The number of aliphatic carboxylic acids is 1. The minimum absolute atomic E-state index is 0.0350. The van der Waals surface area contributed by atoms with E-state index in [4.69, 9.17) is 16.3 Å². The number of ether oxygens (including phenoxy) is 1. The highest BCUT2D eigenvalue weighted by atomic mass is 16.5.